The third-order valence-corrected chi connectivity index (χ3v) is 7.59. The number of hydrogen-bond acceptors (Lipinski definition) is 6. The number of benzene rings is 2. The molecule has 4 atom stereocenters. The minimum absolute atomic E-state index is 0.160. The second-order valence-electron chi connectivity index (χ2n) is 8.51. The van der Waals surface area contributed by atoms with Crippen LogP contribution in [0.5, 0.6) is 0 Å². The molecule has 1 fully saturated rings. The second kappa shape index (κ2) is 9.25. The van der Waals surface area contributed by atoms with Gasteiger partial charge in [-0.3, -0.25) is 19.1 Å². The number of aromatic amines is 1. The predicted molar refractivity (Wildman–Crippen MR) is 127 cm³/mol. The first kappa shape index (κ1) is 22.6. The van der Waals surface area contributed by atoms with Gasteiger partial charge in [-0.1, -0.05) is 55.1 Å². The number of aliphatic hydroxyl groups excluding tert-OH is 1. The van der Waals surface area contributed by atoms with Crippen LogP contribution in [0.3, 0.4) is 0 Å². The van der Waals surface area contributed by atoms with Crippen molar-refractivity contribution < 1.29 is 14.6 Å². The monoisotopic (exact) mass is 479 g/mol. The van der Waals surface area contributed by atoms with Crippen LogP contribution in [-0.2, 0) is 9.53 Å². The summed E-state index contributed by atoms with van der Waals surface area (Å²) in [6.07, 6.45) is -0.242. The number of aromatic nitrogens is 2. The van der Waals surface area contributed by atoms with E-state index >= 15 is 0 Å². The Labute approximate surface area is 200 Å². The van der Waals surface area contributed by atoms with Gasteiger partial charge in [0, 0.05) is 28.5 Å². The Hall–Kier alpha value is -3.14. The van der Waals surface area contributed by atoms with Gasteiger partial charge >= 0.3 is 5.69 Å². The van der Waals surface area contributed by atoms with Gasteiger partial charge in [0.2, 0.25) is 5.91 Å². The number of nitrogens with zero attached hydrogens (tertiary/aromatic N) is 1. The van der Waals surface area contributed by atoms with Crippen LogP contribution in [0.15, 0.2) is 80.2 Å². The van der Waals surface area contributed by atoms with Crippen molar-refractivity contribution in [2.24, 2.45) is 0 Å². The standard InChI is InChI=1S/C25H25N3O5S/c1-2-16(23-17(29)13-21(33-23)28-12-11-20(30)27-25(28)32)26-24(31)22-14-7-3-5-9-18(14)34-19-10-6-4-8-15(19)22/h3-12,16-17,21-23,29H,2,13H2,1H3,(H,26,31)(H,27,30,32)/t16?,17-,21+,23+/m0/s1. The Balaban J connectivity index is 1.39. The maximum atomic E-state index is 13.6. The number of aliphatic hydroxyl groups is 1. The molecule has 0 aliphatic carbocycles. The molecule has 3 N–H and O–H groups in total. The molecule has 2 aliphatic heterocycles. The van der Waals surface area contributed by atoms with E-state index in [1.807, 2.05) is 55.5 Å². The molecule has 5 rings (SSSR count). The highest BCUT2D eigenvalue weighted by atomic mass is 32.2. The van der Waals surface area contributed by atoms with E-state index in [2.05, 4.69) is 10.3 Å². The third-order valence-electron chi connectivity index (χ3n) is 6.40. The molecule has 1 unspecified atom stereocenters. The van der Waals surface area contributed by atoms with Crippen LogP contribution in [0.4, 0.5) is 0 Å². The minimum Gasteiger partial charge on any atom is -0.390 e. The topological polar surface area (TPSA) is 113 Å². The van der Waals surface area contributed by atoms with Gasteiger partial charge in [-0.05, 0) is 29.7 Å². The smallest absolute Gasteiger partial charge is 0.330 e. The maximum absolute atomic E-state index is 13.6. The maximum Gasteiger partial charge on any atom is 0.330 e. The molecule has 2 aromatic carbocycles. The molecular formula is C25H25N3O5S. The van der Waals surface area contributed by atoms with Gasteiger partial charge < -0.3 is 15.2 Å². The lowest BCUT2D eigenvalue weighted by Gasteiger charge is -2.31. The van der Waals surface area contributed by atoms with Crippen LogP contribution < -0.4 is 16.6 Å². The summed E-state index contributed by atoms with van der Waals surface area (Å²) in [6, 6.07) is 16.6. The zero-order valence-electron chi connectivity index (χ0n) is 18.5. The molecule has 2 aliphatic rings. The van der Waals surface area contributed by atoms with Crippen LogP contribution >= 0.6 is 11.8 Å². The van der Waals surface area contributed by atoms with E-state index in [9.17, 15) is 19.5 Å². The quantitative estimate of drug-likeness (QED) is 0.518. The lowest BCUT2D eigenvalue weighted by atomic mass is 9.89. The van der Waals surface area contributed by atoms with Crippen LogP contribution in [0.25, 0.3) is 0 Å². The highest BCUT2D eigenvalue weighted by Gasteiger charge is 2.41. The average Bonchev–Trinajstić information content (AvgIpc) is 3.21. The zero-order valence-corrected chi connectivity index (χ0v) is 19.3. The van der Waals surface area contributed by atoms with Crippen molar-refractivity contribution in [3.05, 3.63) is 92.8 Å². The lowest BCUT2D eigenvalue weighted by molar-refractivity contribution is -0.124. The predicted octanol–water partition coefficient (Wildman–Crippen LogP) is 2.38. The fourth-order valence-electron chi connectivity index (χ4n) is 4.74. The number of carbonyl (C=O) groups is 1. The van der Waals surface area contributed by atoms with Crippen molar-refractivity contribution >= 4 is 17.7 Å². The van der Waals surface area contributed by atoms with E-state index < -0.39 is 41.6 Å². The molecule has 3 aromatic rings. The minimum atomic E-state index is -0.879. The molecular weight excluding hydrogens is 454 g/mol. The van der Waals surface area contributed by atoms with Crippen molar-refractivity contribution in [3.63, 3.8) is 0 Å². The Kier molecular flexibility index (Phi) is 6.16. The summed E-state index contributed by atoms with van der Waals surface area (Å²) < 4.78 is 7.29. The first-order valence-electron chi connectivity index (χ1n) is 11.3. The van der Waals surface area contributed by atoms with Gasteiger partial charge in [0.25, 0.3) is 5.56 Å². The largest absolute Gasteiger partial charge is 0.390 e. The summed E-state index contributed by atoms with van der Waals surface area (Å²) in [5, 5.41) is 13.8. The number of nitrogens with one attached hydrogen (secondary N) is 2. The molecule has 9 heteroatoms. The number of carbonyl (C=O) groups excluding carboxylic acids is 1. The van der Waals surface area contributed by atoms with Gasteiger partial charge in [0.15, 0.2) is 0 Å². The molecule has 3 heterocycles. The van der Waals surface area contributed by atoms with E-state index in [1.165, 1.54) is 16.8 Å². The second-order valence-corrected chi connectivity index (χ2v) is 9.59. The first-order valence-corrected chi connectivity index (χ1v) is 12.1. The molecule has 0 spiro atoms. The van der Waals surface area contributed by atoms with Crippen LogP contribution in [-0.4, -0.2) is 38.8 Å². The van der Waals surface area contributed by atoms with E-state index in [-0.39, 0.29) is 12.3 Å². The Morgan fingerprint density at radius 3 is 2.41 bits per heavy atom. The summed E-state index contributed by atoms with van der Waals surface area (Å²) >= 11 is 1.65. The van der Waals surface area contributed by atoms with Crippen molar-refractivity contribution in [2.45, 2.75) is 60.0 Å². The highest BCUT2D eigenvalue weighted by molar-refractivity contribution is 7.99. The molecule has 1 aromatic heterocycles. The SMILES string of the molecule is CCC(NC(=O)C1c2ccccc2Sc2ccccc21)[C@H]1O[C@@H](n2ccc(=O)[nH]c2=O)C[C@@H]1O. The number of H-pyrrole nitrogens is 1. The summed E-state index contributed by atoms with van der Waals surface area (Å²) in [7, 11) is 0. The molecule has 176 valence electrons. The molecule has 1 amide bonds. The van der Waals surface area contributed by atoms with Crippen molar-refractivity contribution in [2.75, 3.05) is 0 Å². The van der Waals surface area contributed by atoms with Crippen molar-refractivity contribution in [3.8, 4) is 0 Å². The molecule has 0 bridgehead atoms. The van der Waals surface area contributed by atoms with Crippen molar-refractivity contribution in [1.29, 1.82) is 0 Å². The van der Waals surface area contributed by atoms with Gasteiger partial charge in [0.05, 0.1) is 18.1 Å². The van der Waals surface area contributed by atoms with E-state index in [1.54, 1.807) is 11.8 Å². The summed E-state index contributed by atoms with van der Waals surface area (Å²) in [5.74, 6) is -0.633. The highest BCUT2D eigenvalue weighted by Crippen LogP contribution is 2.45. The molecule has 8 nitrogen and oxygen atoms in total. The molecule has 1 saturated heterocycles. The molecule has 34 heavy (non-hydrogen) atoms. The van der Waals surface area contributed by atoms with Gasteiger partial charge in [-0.15, -0.1) is 0 Å². The summed E-state index contributed by atoms with van der Waals surface area (Å²) in [4.78, 5) is 41.5. The molecule has 0 radical (unpaired) electrons. The van der Waals surface area contributed by atoms with Gasteiger partial charge in [0.1, 0.15) is 12.3 Å². The number of fused-ring (bicyclic) bond motifs is 2. The number of rotatable bonds is 5. The first-order chi connectivity index (χ1) is 16.5. The zero-order chi connectivity index (χ0) is 23.8. The van der Waals surface area contributed by atoms with Gasteiger partial charge in [-0.2, -0.15) is 0 Å². The summed E-state index contributed by atoms with van der Waals surface area (Å²) in [6.45, 7) is 1.92. The fraction of sp³-hybridized carbons (Fsp3) is 0.320. The van der Waals surface area contributed by atoms with E-state index in [0.29, 0.717) is 6.42 Å². The van der Waals surface area contributed by atoms with Crippen LogP contribution in [0, 0.1) is 0 Å². The normalized spacial score (nSPS) is 22.6. The van der Waals surface area contributed by atoms with Gasteiger partial charge in [-0.25, -0.2) is 4.79 Å². The summed E-state index contributed by atoms with van der Waals surface area (Å²) in [5.41, 5.74) is 0.796. The van der Waals surface area contributed by atoms with E-state index in [0.717, 1.165) is 20.9 Å². The Bertz CT molecular complexity index is 1290. The third kappa shape index (κ3) is 4.11. The van der Waals surface area contributed by atoms with Crippen LogP contribution in [0.1, 0.15) is 43.0 Å². The van der Waals surface area contributed by atoms with Crippen LogP contribution in [0.2, 0.25) is 0 Å². The Morgan fingerprint density at radius 1 is 1.15 bits per heavy atom. The number of hydrogen-bond donors (Lipinski definition) is 3. The number of amides is 1. The Morgan fingerprint density at radius 2 is 1.79 bits per heavy atom. The fourth-order valence-corrected chi connectivity index (χ4v) is 5.88. The number of ether oxygens (including phenoxy) is 1. The van der Waals surface area contributed by atoms with Crippen molar-refractivity contribution in [1.82, 2.24) is 14.9 Å². The molecule has 0 saturated carbocycles. The van der Waals surface area contributed by atoms with E-state index in [4.69, 9.17) is 4.74 Å². The average molecular weight is 480 g/mol. The lowest BCUT2D eigenvalue weighted by Crippen LogP contribution is -2.48.